The number of fused-ring (bicyclic) bond motifs is 2. The van der Waals surface area contributed by atoms with Crippen LogP contribution in [0.1, 0.15) is 11.2 Å². The van der Waals surface area contributed by atoms with Crippen LogP contribution in [-0.4, -0.2) is 17.5 Å². The third kappa shape index (κ3) is 3.63. The van der Waals surface area contributed by atoms with E-state index in [2.05, 4.69) is 21.2 Å². The number of benzene rings is 3. The first kappa shape index (κ1) is 18.9. The molecule has 1 amide bonds. The molecule has 5 nitrogen and oxygen atoms in total. The predicted molar refractivity (Wildman–Crippen MR) is 115 cm³/mol. The number of halogens is 1. The van der Waals surface area contributed by atoms with Crippen molar-refractivity contribution in [3.05, 3.63) is 77.0 Å². The van der Waals surface area contributed by atoms with Gasteiger partial charge < -0.3 is 14.6 Å². The summed E-state index contributed by atoms with van der Waals surface area (Å²) in [6, 6.07) is 18.6. The first-order chi connectivity index (χ1) is 13.3. The molecule has 2 atom stereocenters. The zero-order valence-electron chi connectivity index (χ0n) is 14.9. The molecule has 4 aromatic rings. The van der Waals surface area contributed by atoms with E-state index in [1.54, 1.807) is 18.2 Å². The van der Waals surface area contributed by atoms with E-state index >= 15 is 0 Å². The monoisotopic (exact) mass is 457 g/mol. The van der Waals surface area contributed by atoms with Gasteiger partial charge in [-0.05, 0) is 41.1 Å². The Kier molecular flexibility index (Phi) is 4.88. The summed E-state index contributed by atoms with van der Waals surface area (Å²) >= 11 is 3.39. The second kappa shape index (κ2) is 7.21. The molecule has 0 aliphatic heterocycles. The molecule has 142 valence electrons. The summed E-state index contributed by atoms with van der Waals surface area (Å²) in [5.41, 5.74) is 0.267. The van der Waals surface area contributed by atoms with Crippen LogP contribution in [0.3, 0.4) is 0 Å². The van der Waals surface area contributed by atoms with E-state index in [4.69, 9.17) is 4.42 Å². The van der Waals surface area contributed by atoms with Gasteiger partial charge in [0.15, 0.2) is 0 Å². The molecule has 3 aromatic carbocycles. The van der Waals surface area contributed by atoms with Gasteiger partial charge in [-0.15, -0.1) is 0 Å². The minimum absolute atomic E-state index is 0.392. The highest BCUT2D eigenvalue weighted by Gasteiger charge is 2.37. The van der Waals surface area contributed by atoms with Gasteiger partial charge in [-0.3, -0.25) is 9.36 Å². The van der Waals surface area contributed by atoms with E-state index in [1.165, 1.54) is 12.9 Å². The maximum absolute atomic E-state index is 13.0. The highest BCUT2D eigenvalue weighted by atomic mass is 79.9. The average molecular weight is 458 g/mol. The number of carbonyl (C=O) groups excluding carboxylic acids is 1. The molecule has 0 aliphatic carbocycles. The quantitative estimate of drug-likeness (QED) is 0.372. The minimum atomic E-state index is -3.81. The van der Waals surface area contributed by atoms with Gasteiger partial charge >= 0.3 is 0 Å². The number of amides is 1. The topological polar surface area (TPSA) is 79.5 Å². The molecular formula is C21H17BrNO4P. The molecule has 0 radical (unpaired) electrons. The maximum atomic E-state index is 13.0. The molecule has 2 unspecified atom stereocenters. The number of anilines is 1. The average Bonchev–Trinajstić information content (AvgIpc) is 3.03. The van der Waals surface area contributed by atoms with Gasteiger partial charge in [0.1, 0.15) is 11.2 Å². The van der Waals surface area contributed by atoms with Crippen LogP contribution in [0, 0.1) is 0 Å². The first-order valence-corrected chi connectivity index (χ1v) is 11.6. The largest absolute Gasteiger partial charge is 0.464 e. The molecule has 0 saturated carbocycles. The lowest BCUT2D eigenvalue weighted by Crippen LogP contribution is -2.21. The summed E-state index contributed by atoms with van der Waals surface area (Å²) in [7, 11) is -3.81. The van der Waals surface area contributed by atoms with Crippen LogP contribution in [0.4, 0.5) is 5.69 Å². The van der Waals surface area contributed by atoms with Crippen LogP contribution in [0.25, 0.3) is 21.7 Å². The Morgan fingerprint density at radius 3 is 2.61 bits per heavy atom. The summed E-state index contributed by atoms with van der Waals surface area (Å²) in [5.74, 6) is -0.550. The summed E-state index contributed by atoms with van der Waals surface area (Å²) in [6.45, 7) is 1.19. The SMILES string of the molecule is CP(=O)(O)C(C(=O)Nc1ccc2ccccc2c1)c1coc2ccc(Br)cc12. The van der Waals surface area contributed by atoms with E-state index in [-0.39, 0.29) is 0 Å². The van der Waals surface area contributed by atoms with Crippen LogP contribution >= 0.6 is 23.3 Å². The minimum Gasteiger partial charge on any atom is -0.464 e. The second-order valence-electron chi connectivity index (χ2n) is 6.73. The lowest BCUT2D eigenvalue weighted by Gasteiger charge is -2.19. The van der Waals surface area contributed by atoms with Gasteiger partial charge in [0.2, 0.25) is 13.3 Å². The lowest BCUT2D eigenvalue weighted by molar-refractivity contribution is -0.116. The number of carbonyl (C=O) groups is 1. The number of hydrogen-bond acceptors (Lipinski definition) is 3. The number of furan rings is 1. The van der Waals surface area contributed by atoms with E-state index in [0.29, 0.717) is 22.2 Å². The van der Waals surface area contributed by atoms with Crippen molar-refractivity contribution in [3.63, 3.8) is 0 Å². The number of rotatable bonds is 4. The van der Waals surface area contributed by atoms with Crippen LogP contribution in [0.15, 0.2) is 75.8 Å². The van der Waals surface area contributed by atoms with Crippen LogP contribution in [0.5, 0.6) is 0 Å². The Balaban J connectivity index is 1.73. The van der Waals surface area contributed by atoms with Crippen molar-refractivity contribution in [1.82, 2.24) is 0 Å². The Bertz CT molecular complexity index is 1240. The summed E-state index contributed by atoms with van der Waals surface area (Å²) in [4.78, 5) is 23.4. The number of nitrogens with one attached hydrogen (secondary N) is 1. The van der Waals surface area contributed by atoms with Crippen LogP contribution in [0.2, 0.25) is 0 Å². The number of hydrogen-bond donors (Lipinski definition) is 2. The molecular weight excluding hydrogens is 441 g/mol. The predicted octanol–water partition coefficient (Wildman–Crippen LogP) is 5.93. The molecule has 2 N–H and O–H groups in total. The fourth-order valence-electron chi connectivity index (χ4n) is 3.33. The van der Waals surface area contributed by atoms with Gasteiger partial charge in [-0.25, -0.2) is 0 Å². The van der Waals surface area contributed by atoms with Crippen molar-refractivity contribution in [2.75, 3.05) is 12.0 Å². The normalized spacial score (nSPS) is 14.7. The Hall–Kier alpha value is -2.40. The van der Waals surface area contributed by atoms with Gasteiger partial charge in [0.25, 0.3) is 0 Å². The molecule has 0 spiro atoms. The molecule has 7 heteroatoms. The van der Waals surface area contributed by atoms with Crippen LogP contribution in [-0.2, 0) is 9.36 Å². The maximum Gasteiger partial charge on any atom is 0.241 e. The van der Waals surface area contributed by atoms with Crippen molar-refractivity contribution in [2.45, 2.75) is 5.66 Å². The van der Waals surface area contributed by atoms with Gasteiger partial charge in [0.05, 0.1) is 6.26 Å². The van der Waals surface area contributed by atoms with Gasteiger partial charge in [0, 0.05) is 27.8 Å². The van der Waals surface area contributed by atoms with E-state index in [0.717, 1.165) is 15.2 Å². The Morgan fingerprint density at radius 2 is 1.86 bits per heavy atom. The molecule has 1 aromatic heterocycles. The standard InChI is InChI=1S/C21H17BrNO4P/c1-28(25,26)20(18-12-27-19-9-7-15(22)11-17(18)19)21(24)23-16-8-6-13-4-2-3-5-14(13)10-16/h2-12,20H,1H3,(H,23,24)(H,25,26). The van der Waals surface area contributed by atoms with Crippen LogP contribution < -0.4 is 5.32 Å². The van der Waals surface area contributed by atoms with Crippen molar-refractivity contribution in [3.8, 4) is 0 Å². The summed E-state index contributed by atoms with van der Waals surface area (Å²) < 4.78 is 18.9. The summed E-state index contributed by atoms with van der Waals surface area (Å²) in [5, 5.41) is 5.43. The lowest BCUT2D eigenvalue weighted by atomic mass is 10.1. The highest BCUT2D eigenvalue weighted by Crippen LogP contribution is 2.54. The molecule has 0 fully saturated rings. The Labute approximate surface area is 169 Å². The third-order valence-electron chi connectivity index (χ3n) is 4.60. The highest BCUT2D eigenvalue weighted by molar-refractivity contribution is 9.10. The molecule has 0 saturated heterocycles. The molecule has 0 bridgehead atoms. The molecule has 4 rings (SSSR count). The van der Waals surface area contributed by atoms with Crippen molar-refractivity contribution >= 4 is 56.6 Å². The third-order valence-corrected chi connectivity index (χ3v) is 6.57. The van der Waals surface area contributed by atoms with Crippen molar-refractivity contribution in [1.29, 1.82) is 0 Å². The fourth-order valence-corrected chi connectivity index (χ4v) is 4.90. The fraction of sp³-hybridized carbons (Fsp3) is 0.0952. The zero-order chi connectivity index (χ0) is 19.9. The van der Waals surface area contributed by atoms with E-state index in [9.17, 15) is 14.3 Å². The second-order valence-corrected chi connectivity index (χ2v) is 10.0. The van der Waals surface area contributed by atoms with E-state index in [1.807, 2.05) is 42.5 Å². The molecule has 0 aliphatic rings. The smallest absolute Gasteiger partial charge is 0.241 e. The summed E-state index contributed by atoms with van der Waals surface area (Å²) in [6.07, 6.45) is 1.38. The Morgan fingerprint density at radius 1 is 1.11 bits per heavy atom. The van der Waals surface area contributed by atoms with Crippen molar-refractivity contribution < 1.29 is 18.7 Å². The van der Waals surface area contributed by atoms with Crippen molar-refractivity contribution in [2.24, 2.45) is 0 Å². The molecule has 1 heterocycles. The zero-order valence-corrected chi connectivity index (χ0v) is 17.4. The van der Waals surface area contributed by atoms with Gasteiger partial charge in [-0.1, -0.05) is 46.3 Å². The van der Waals surface area contributed by atoms with E-state index < -0.39 is 18.9 Å². The molecule has 28 heavy (non-hydrogen) atoms. The van der Waals surface area contributed by atoms with Gasteiger partial charge in [-0.2, -0.15) is 0 Å². The first-order valence-electron chi connectivity index (χ1n) is 8.59.